The van der Waals surface area contributed by atoms with E-state index in [1.807, 2.05) is 0 Å². The third-order valence-electron chi connectivity index (χ3n) is 5.59. The Hall–Kier alpha value is -3.97. The number of aliphatic hydroxyl groups is 1. The van der Waals surface area contributed by atoms with Crippen LogP contribution >= 0.6 is 11.6 Å². The average Bonchev–Trinajstić information content (AvgIpc) is 3.54. The molecule has 4 aromatic rings. The number of para-hydroxylation sites is 1. The predicted molar refractivity (Wildman–Crippen MR) is 120 cm³/mol. The summed E-state index contributed by atoms with van der Waals surface area (Å²) in [6.07, 6.45) is 1.49. The molecule has 1 unspecified atom stereocenters. The van der Waals surface area contributed by atoms with Gasteiger partial charge in [-0.2, -0.15) is 0 Å². The number of methoxy groups -OCH3 is 1. The number of hydrogen-bond donors (Lipinski definition) is 1. The maximum atomic E-state index is 13.6. The summed E-state index contributed by atoms with van der Waals surface area (Å²) in [4.78, 5) is 28.0. The molecule has 0 bridgehead atoms. The molecule has 1 atom stereocenters. The molecule has 7 nitrogen and oxygen atoms in total. The number of ketones is 1. The van der Waals surface area contributed by atoms with E-state index in [-0.39, 0.29) is 17.9 Å². The van der Waals surface area contributed by atoms with Gasteiger partial charge in [0.1, 0.15) is 5.76 Å². The van der Waals surface area contributed by atoms with E-state index in [0.29, 0.717) is 33.1 Å². The van der Waals surface area contributed by atoms with Crippen molar-refractivity contribution in [3.05, 3.63) is 100 Å². The molecule has 0 fully saturated rings. The molecule has 8 heteroatoms. The second kappa shape index (κ2) is 8.18. The Morgan fingerprint density at radius 3 is 2.64 bits per heavy atom. The third-order valence-corrected chi connectivity index (χ3v) is 5.84. The van der Waals surface area contributed by atoms with Crippen molar-refractivity contribution in [2.45, 2.75) is 12.6 Å². The highest BCUT2D eigenvalue weighted by atomic mass is 35.5. The fraction of sp³-hybridized carbons (Fsp3) is 0.120. The molecule has 2 aromatic carbocycles. The molecular formula is C25H18ClNO6. The van der Waals surface area contributed by atoms with Gasteiger partial charge >= 0.3 is 0 Å². The van der Waals surface area contributed by atoms with Gasteiger partial charge < -0.3 is 23.6 Å². The van der Waals surface area contributed by atoms with Crippen molar-refractivity contribution in [1.29, 1.82) is 0 Å². The largest absolute Gasteiger partial charge is 0.503 e. The first-order valence-electron chi connectivity index (χ1n) is 10.1. The van der Waals surface area contributed by atoms with Gasteiger partial charge in [0.05, 0.1) is 31.5 Å². The van der Waals surface area contributed by atoms with Crippen molar-refractivity contribution in [2.75, 3.05) is 7.11 Å². The molecule has 1 aliphatic rings. The van der Waals surface area contributed by atoms with E-state index in [1.54, 1.807) is 60.7 Å². The smallest absolute Gasteiger partial charge is 0.290 e. The first-order chi connectivity index (χ1) is 16.0. The highest BCUT2D eigenvalue weighted by Gasteiger charge is 2.44. The summed E-state index contributed by atoms with van der Waals surface area (Å²) < 4.78 is 16.5. The van der Waals surface area contributed by atoms with Gasteiger partial charge in [0, 0.05) is 10.4 Å². The lowest BCUT2D eigenvalue weighted by atomic mass is 9.95. The normalized spacial score (nSPS) is 16.1. The average molecular weight is 464 g/mol. The molecule has 5 rings (SSSR count). The molecule has 33 heavy (non-hydrogen) atoms. The summed E-state index contributed by atoms with van der Waals surface area (Å²) in [5.41, 5.74) is 0.940. The summed E-state index contributed by atoms with van der Waals surface area (Å²) in [6.45, 7) is 0.0634. The van der Waals surface area contributed by atoms with Crippen LogP contribution in [0.15, 0.2) is 87.1 Å². The van der Waals surface area contributed by atoms with Crippen molar-refractivity contribution in [3.8, 4) is 5.75 Å². The number of benzene rings is 2. The Labute approximate surface area is 193 Å². The Morgan fingerprint density at radius 2 is 1.94 bits per heavy atom. The van der Waals surface area contributed by atoms with Crippen LogP contribution in [0.1, 0.15) is 27.9 Å². The van der Waals surface area contributed by atoms with Crippen LogP contribution in [-0.2, 0) is 11.3 Å². The van der Waals surface area contributed by atoms with Gasteiger partial charge in [-0.15, -0.1) is 0 Å². The second-order valence-electron chi connectivity index (χ2n) is 7.55. The Morgan fingerprint density at radius 1 is 1.15 bits per heavy atom. The molecule has 0 saturated heterocycles. The quantitative estimate of drug-likeness (QED) is 0.381. The van der Waals surface area contributed by atoms with Crippen molar-refractivity contribution < 1.29 is 28.3 Å². The van der Waals surface area contributed by atoms with E-state index in [4.69, 9.17) is 25.2 Å². The molecule has 1 aliphatic heterocycles. The van der Waals surface area contributed by atoms with E-state index in [0.717, 1.165) is 0 Å². The SMILES string of the molecule is COc1cccc2cc(C(=O)C3=C(O)C(=O)N(Cc4ccco4)C3c3ccc(Cl)cc3)oc12. The molecule has 0 saturated carbocycles. The molecular weight excluding hydrogens is 446 g/mol. The number of fused-ring (bicyclic) bond motifs is 1. The molecule has 3 heterocycles. The highest BCUT2D eigenvalue weighted by molar-refractivity contribution is 6.30. The molecule has 2 aromatic heterocycles. The van der Waals surface area contributed by atoms with Crippen LogP contribution in [-0.4, -0.2) is 28.8 Å². The number of Topliss-reactive ketones (excluding diaryl/α,β-unsaturated/α-hetero) is 1. The number of halogens is 1. The van der Waals surface area contributed by atoms with E-state index in [1.165, 1.54) is 18.3 Å². The zero-order chi connectivity index (χ0) is 23.1. The van der Waals surface area contributed by atoms with Crippen LogP contribution < -0.4 is 4.74 Å². The second-order valence-corrected chi connectivity index (χ2v) is 7.98. The first kappa shape index (κ1) is 20.9. The lowest BCUT2D eigenvalue weighted by Gasteiger charge is -2.25. The van der Waals surface area contributed by atoms with Gasteiger partial charge in [0.2, 0.25) is 5.78 Å². The van der Waals surface area contributed by atoms with Crippen molar-refractivity contribution in [2.24, 2.45) is 0 Å². The number of carbonyl (C=O) groups excluding carboxylic acids is 2. The number of furan rings is 2. The van der Waals surface area contributed by atoms with Crippen molar-refractivity contribution >= 4 is 34.3 Å². The molecule has 0 aliphatic carbocycles. The maximum Gasteiger partial charge on any atom is 0.290 e. The van der Waals surface area contributed by atoms with Gasteiger partial charge in [-0.05, 0) is 42.0 Å². The Bertz CT molecular complexity index is 1380. The van der Waals surface area contributed by atoms with Gasteiger partial charge in [-0.25, -0.2) is 0 Å². The van der Waals surface area contributed by atoms with E-state index in [2.05, 4.69) is 0 Å². The Kier molecular flexibility index (Phi) is 5.18. The number of carbonyl (C=O) groups is 2. The summed E-state index contributed by atoms with van der Waals surface area (Å²) >= 11 is 6.04. The lowest BCUT2D eigenvalue weighted by Crippen LogP contribution is -2.30. The number of ether oxygens (including phenoxy) is 1. The van der Waals surface area contributed by atoms with E-state index in [9.17, 15) is 14.7 Å². The zero-order valence-electron chi connectivity index (χ0n) is 17.4. The van der Waals surface area contributed by atoms with Crippen LogP contribution in [0, 0.1) is 0 Å². The number of hydrogen-bond acceptors (Lipinski definition) is 6. The summed E-state index contributed by atoms with van der Waals surface area (Å²) in [6, 6.07) is 16.2. The minimum absolute atomic E-state index is 0.0114. The topological polar surface area (TPSA) is 93.1 Å². The van der Waals surface area contributed by atoms with Crippen LogP contribution in [0.5, 0.6) is 5.75 Å². The standard InChI is InChI=1S/C25H18ClNO6/c1-31-18-6-2-4-15-12-19(33-24(15)18)22(28)20-21(14-7-9-16(26)10-8-14)27(25(30)23(20)29)13-17-5-3-11-32-17/h2-12,21,29H,13H2,1H3. The van der Waals surface area contributed by atoms with E-state index >= 15 is 0 Å². The van der Waals surface area contributed by atoms with Crippen LogP contribution in [0.4, 0.5) is 0 Å². The lowest BCUT2D eigenvalue weighted by molar-refractivity contribution is -0.130. The fourth-order valence-corrected chi connectivity index (χ4v) is 4.18. The summed E-state index contributed by atoms with van der Waals surface area (Å²) in [7, 11) is 1.51. The molecule has 1 N–H and O–H groups in total. The van der Waals surface area contributed by atoms with Gasteiger partial charge in [-0.3, -0.25) is 9.59 Å². The maximum absolute atomic E-state index is 13.6. The molecule has 166 valence electrons. The predicted octanol–water partition coefficient (Wildman–Crippen LogP) is 5.47. The summed E-state index contributed by atoms with van der Waals surface area (Å²) in [5.74, 6) is -0.927. The van der Waals surface area contributed by atoms with Crippen LogP contribution in [0.3, 0.4) is 0 Å². The monoisotopic (exact) mass is 463 g/mol. The number of aliphatic hydroxyl groups excluding tert-OH is 1. The van der Waals surface area contributed by atoms with Crippen LogP contribution in [0.2, 0.25) is 5.02 Å². The minimum Gasteiger partial charge on any atom is -0.503 e. The highest BCUT2D eigenvalue weighted by Crippen LogP contribution is 2.41. The van der Waals surface area contributed by atoms with Gasteiger partial charge in [-0.1, -0.05) is 35.9 Å². The minimum atomic E-state index is -0.859. The molecule has 1 amide bonds. The number of nitrogens with zero attached hydrogens (tertiary/aromatic N) is 1. The van der Waals surface area contributed by atoms with E-state index < -0.39 is 23.5 Å². The molecule has 0 spiro atoms. The first-order valence-corrected chi connectivity index (χ1v) is 10.5. The molecule has 0 radical (unpaired) electrons. The fourth-order valence-electron chi connectivity index (χ4n) is 4.05. The number of rotatable bonds is 6. The van der Waals surface area contributed by atoms with Crippen molar-refractivity contribution in [1.82, 2.24) is 4.90 Å². The van der Waals surface area contributed by atoms with Crippen LogP contribution in [0.25, 0.3) is 11.0 Å². The third kappa shape index (κ3) is 3.56. The van der Waals surface area contributed by atoms with Gasteiger partial charge in [0.25, 0.3) is 5.91 Å². The number of amides is 1. The zero-order valence-corrected chi connectivity index (χ0v) is 18.2. The van der Waals surface area contributed by atoms with Crippen molar-refractivity contribution in [3.63, 3.8) is 0 Å². The summed E-state index contributed by atoms with van der Waals surface area (Å²) in [5, 5.41) is 12.0. The Balaban J connectivity index is 1.61. The van der Waals surface area contributed by atoms with Gasteiger partial charge in [0.15, 0.2) is 22.9 Å².